The lowest BCUT2D eigenvalue weighted by Gasteiger charge is -2.46. The molecule has 0 unspecified atom stereocenters. The summed E-state index contributed by atoms with van der Waals surface area (Å²) in [5, 5.41) is 21.5. The van der Waals surface area contributed by atoms with Crippen LogP contribution in [0.5, 0.6) is 0 Å². The van der Waals surface area contributed by atoms with Crippen LogP contribution in [0.4, 0.5) is 0 Å². The average molecular weight is 393 g/mol. The summed E-state index contributed by atoms with van der Waals surface area (Å²) >= 11 is 3.10. The van der Waals surface area contributed by atoms with Gasteiger partial charge in [-0.15, -0.1) is 23.1 Å². The Morgan fingerprint density at radius 2 is 2.27 bits per heavy atom. The van der Waals surface area contributed by atoms with Crippen molar-refractivity contribution in [1.29, 1.82) is 0 Å². The number of fused-ring (bicyclic) bond motifs is 2. The zero-order valence-corrected chi connectivity index (χ0v) is 16.0. The summed E-state index contributed by atoms with van der Waals surface area (Å²) in [6.07, 6.45) is 3.74. The van der Waals surface area contributed by atoms with E-state index in [4.69, 9.17) is 0 Å². The van der Waals surface area contributed by atoms with Crippen LogP contribution in [0.25, 0.3) is 4.83 Å². The number of amides is 1. The van der Waals surface area contributed by atoms with E-state index in [2.05, 4.69) is 4.98 Å². The predicted molar refractivity (Wildman–Crippen MR) is 98.9 cm³/mol. The van der Waals surface area contributed by atoms with Gasteiger partial charge >= 0.3 is 5.97 Å². The molecule has 9 heteroatoms. The van der Waals surface area contributed by atoms with Gasteiger partial charge in [0.15, 0.2) is 0 Å². The number of aliphatic hydroxyl groups excluding tert-OH is 1. The van der Waals surface area contributed by atoms with Crippen molar-refractivity contribution >= 4 is 39.8 Å². The third-order valence-corrected chi connectivity index (χ3v) is 7.22. The van der Waals surface area contributed by atoms with E-state index in [1.165, 1.54) is 16.7 Å². The van der Waals surface area contributed by atoms with Crippen molar-refractivity contribution < 1.29 is 19.8 Å². The molecule has 2 N–H and O–H groups in total. The second-order valence-electron chi connectivity index (χ2n) is 6.66. The predicted octanol–water partition coefficient (Wildman–Crippen LogP) is 1.83. The maximum Gasteiger partial charge on any atom is 0.353 e. The van der Waals surface area contributed by atoms with Gasteiger partial charge < -0.3 is 15.1 Å². The number of thioether (sulfide) groups is 1. The van der Waals surface area contributed by atoms with Gasteiger partial charge in [-0.25, -0.2) is 9.78 Å². The van der Waals surface area contributed by atoms with Gasteiger partial charge in [0, 0.05) is 34.6 Å². The Hall–Kier alpha value is -1.84. The number of nitrogens with zero attached hydrogens (tertiary/aromatic N) is 3. The van der Waals surface area contributed by atoms with E-state index in [1.807, 2.05) is 29.1 Å². The summed E-state index contributed by atoms with van der Waals surface area (Å²) in [4.78, 5) is 31.6. The molecule has 0 bridgehead atoms. The highest BCUT2D eigenvalue weighted by Gasteiger charge is 2.59. The van der Waals surface area contributed by atoms with Crippen molar-refractivity contribution in [3.63, 3.8) is 0 Å². The number of aromatic nitrogens is 2. The fraction of sp³-hybridized carbons (Fsp3) is 0.471. The number of aliphatic hydroxyl groups is 1. The molecule has 2 aliphatic rings. The van der Waals surface area contributed by atoms with Crippen molar-refractivity contribution in [2.45, 2.75) is 32.4 Å². The van der Waals surface area contributed by atoms with Gasteiger partial charge in [-0.05, 0) is 6.92 Å². The Morgan fingerprint density at radius 1 is 1.50 bits per heavy atom. The van der Waals surface area contributed by atoms with Crippen LogP contribution in [0, 0.1) is 11.8 Å². The van der Waals surface area contributed by atoms with Crippen LogP contribution < -0.4 is 0 Å². The molecule has 1 fully saturated rings. The van der Waals surface area contributed by atoms with Gasteiger partial charge in [-0.1, -0.05) is 6.92 Å². The molecule has 4 atom stereocenters. The Balaban J connectivity index is 1.52. The summed E-state index contributed by atoms with van der Waals surface area (Å²) in [6, 6.07) is -0.258. The van der Waals surface area contributed by atoms with Gasteiger partial charge in [-0.3, -0.25) is 9.20 Å². The van der Waals surface area contributed by atoms with Crippen molar-refractivity contribution in [1.82, 2.24) is 14.3 Å². The quantitative estimate of drug-likeness (QED) is 0.727. The molecule has 4 heterocycles. The highest BCUT2D eigenvalue weighted by Crippen LogP contribution is 2.50. The third-order valence-electron chi connectivity index (χ3n) is 5.13. The molecule has 4 rings (SSSR count). The van der Waals surface area contributed by atoms with Gasteiger partial charge in [0.05, 0.1) is 24.3 Å². The molecule has 0 saturated carbocycles. The number of thiazole rings is 1. The fourth-order valence-electron chi connectivity index (χ4n) is 3.94. The normalized spacial score (nSPS) is 26.3. The zero-order valence-electron chi connectivity index (χ0n) is 14.3. The third kappa shape index (κ3) is 2.49. The summed E-state index contributed by atoms with van der Waals surface area (Å²) in [5.74, 6) is -0.365. The Labute approximate surface area is 158 Å². The fourth-order valence-corrected chi connectivity index (χ4v) is 5.89. The van der Waals surface area contributed by atoms with Gasteiger partial charge in [0.25, 0.3) is 0 Å². The zero-order chi connectivity index (χ0) is 18.6. The van der Waals surface area contributed by atoms with Gasteiger partial charge in [0.2, 0.25) is 5.91 Å². The topological polar surface area (TPSA) is 95.1 Å². The SMILES string of the molecule is C[C@@H](O)[C@H]1C(=O)N2C(C(=O)O)=C(SCCc3ncc4sccn34)[C@H](C)[C@H]12. The van der Waals surface area contributed by atoms with Crippen molar-refractivity contribution in [3.8, 4) is 0 Å². The number of carbonyl (C=O) groups excluding carboxylic acids is 1. The summed E-state index contributed by atoms with van der Waals surface area (Å²) in [5.41, 5.74) is 0.0817. The van der Waals surface area contributed by atoms with Crippen LogP contribution in [0.15, 0.2) is 28.4 Å². The number of aliphatic carboxylic acids is 1. The number of carboxylic acids is 1. The van der Waals surface area contributed by atoms with E-state index < -0.39 is 18.0 Å². The minimum Gasteiger partial charge on any atom is -0.477 e. The monoisotopic (exact) mass is 393 g/mol. The second kappa shape index (κ2) is 6.40. The second-order valence-corrected chi connectivity index (χ2v) is 8.72. The lowest BCUT2D eigenvalue weighted by atomic mass is 9.79. The number of hydrogen-bond donors (Lipinski definition) is 2. The Bertz CT molecular complexity index is 916. The lowest BCUT2D eigenvalue weighted by Crippen LogP contribution is -2.63. The number of rotatable bonds is 6. The molecular formula is C17H19N3O4S2. The largest absolute Gasteiger partial charge is 0.477 e. The molecule has 1 amide bonds. The Morgan fingerprint density at radius 3 is 2.96 bits per heavy atom. The van der Waals surface area contributed by atoms with Gasteiger partial charge in [-0.2, -0.15) is 0 Å². The standard InChI is InChI=1S/C17H19N3O4S2/c1-8-13-12(9(2)21)16(22)20(13)14(17(23)24)15(8)26-5-3-10-18-7-11-19(10)4-6-25-11/h4,6-9,12-13,21H,3,5H2,1-2H3,(H,23,24)/t8-,9-,12-,13-/m1/s1. The molecule has 138 valence electrons. The van der Waals surface area contributed by atoms with Crippen molar-refractivity contribution in [2.24, 2.45) is 11.8 Å². The molecule has 7 nitrogen and oxygen atoms in total. The van der Waals surface area contributed by atoms with E-state index in [1.54, 1.807) is 18.3 Å². The molecule has 26 heavy (non-hydrogen) atoms. The highest BCUT2D eigenvalue weighted by molar-refractivity contribution is 8.03. The molecule has 0 aromatic carbocycles. The maximum absolute atomic E-state index is 12.3. The number of β-lactam (4-membered cyclic amide) rings is 1. The van der Waals surface area contributed by atoms with E-state index in [-0.39, 0.29) is 23.6 Å². The maximum atomic E-state index is 12.3. The first-order valence-electron chi connectivity index (χ1n) is 8.42. The molecule has 0 radical (unpaired) electrons. The van der Waals surface area contributed by atoms with Crippen LogP contribution >= 0.6 is 23.1 Å². The Kier molecular flexibility index (Phi) is 4.32. The molecule has 0 aliphatic carbocycles. The van der Waals surface area contributed by atoms with Crippen molar-refractivity contribution in [2.75, 3.05) is 5.75 Å². The van der Waals surface area contributed by atoms with Crippen molar-refractivity contribution in [3.05, 3.63) is 34.2 Å². The van der Waals surface area contributed by atoms with E-state index >= 15 is 0 Å². The van der Waals surface area contributed by atoms with Crippen LogP contribution in [0.2, 0.25) is 0 Å². The van der Waals surface area contributed by atoms with Crippen LogP contribution in [0.1, 0.15) is 19.7 Å². The average Bonchev–Trinajstić information content (AvgIpc) is 3.22. The van der Waals surface area contributed by atoms with E-state index in [9.17, 15) is 19.8 Å². The van der Waals surface area contributed by atoms with Gasteiger partial charge in [0.1, 0.15) is 16.4 Å². The first-order chi connectivity index (χ1) is 12.4. The highest BCUT2D eigenvalue weighted by atomic mass is 32.2. The first kappa shape index (κ1) is 17.6. The number of carbonyl (C=O) groups is 2. The molecule has 2 aromatic rings. The van der Waals surface area contributed by atoms with E-state index in [0.29, 0.717) is 12.2 Å². The number of imidazole rings is 1. The molecule has 0 spiro atoms. The number of aryl methyl sites for hydroxylation is 1. The molecular weight excluding hydrogens is 374 g/mol. The summed E-state index contributed by atoms with van der Waals surface area (Å²) in [7, 11) is 0. The van der Waals surface area contributed by atoms with E-state index in [0.717, 1.165) is 15.6 Å². The lowest BCUT2D eigenvalue weighted by molar-refractivity contribution is -0.163. The molecule has 2 aliphatic heterocycles. The van der Waals surface area contributed by atoms with Crippen LogP contribution in [-0.2, 0) is 16.0 Å². The summed E-state index contributed by atoms with van der Waals surface area (Å²) in [6.45, 7) is 3.52. The number of hydrogen-bond acceptors (Lipinski definition) is 6. The minimum atomic E-state index is -1.08. The molecule has 2 aromatic heterocycles. The van der Waals surface area contributed by atoms with Crippen LogP contribution in [-0.4, -0.2) is 54.3 Å². The molecule has 1 saturated heterocycles. The summed E-state index contributed by atoms with van der Waals surface area (Å²) < 4.78 is 2.04. The minimum absolute atomic E-state index is 0.0817. The van der Waals surface area contributed by atoms with Crippen LogP contribution in [0.3, 0.4) is 0 Å². The smallest absolute Gasteiger partial charge is 0.353 e. The number of carboxylic acid groups (broad SMARTS) is 1. The first-order valence-corrected chi connectivity index (χ1v) is 10.3.